The molecule has 0 aliphatic rings. The van der Waals surface area contributed by atoms with E-state index < -0.39 is 17.8 Å². The summed E-state index contributed by atoms with van der Waals surface area (Å²) >= 11 is 4.05. The molecule has 0 bridgehead atoms. The zero-order valence-electron chi connectivity index (χ0n) is 9.01. The van der Waals surface area contributed by atoms with Gasteiger partial charge in [0, 0.05) is 28.9 Å². The molecule has 1 heterocycles. The minimum Gasteiger partial charge on any atom is -0.389 e. The lowest BCUT2D eigenvalue weighted by atomic mass is 10.1. The Morgan fingerprint density at radius 3 is 2.82 bits per heavy atom. The van der Waals surface area contributed by atoms with E-state index in [0.717, 1.165) is 11.8 Å². The minimum atomic E-state index is -1.32. The second-order valence-electron chi connectivity index (χ2n) is 3.42. The van der Waals surface area contributed by atoms with Gasteiger partial charge < -0.3 is 15.2 Å². The number of thioether (sulfide) groups is 1. The highest BCUT2D eigenvalue weighted by atomic mass is 79.9. The summed E-state index contributed by atoms with van der Waals surface area (Å²) in [7, 11) is 0. The molecule has 1 rings (SSSR count). The van der Waals surface area contributed by atoms with Crippen LogP contribution in [0.15, 0.2) is 21.5 Å². The van der Waals surface area contributed by atoms with E-state index in [0.29, 0.717) is 4.47 Å². The van der Waals surface area contributed by atoms with Gasteiger partial charge in [-0.15, -0.1) is 0 Å². The molecule has 1 aromatic rings. The molecule has 0 saturated heterocycles. The monoisotopic (exact) mass is 321 g/mol. The summed E-state index contributed by atoms with van der Waals surface area (Å²) in [4.78, 5) is 24.6. The van der Waals surface area contributed by atoms with Crippen LogP contribution in [0.5, 0.6) is 0 Å². The first-order valence-electron chi connectivity index (χ1n) is 4.79. The zero-order chi connectivity index (χ0) is 13.0. The number of aromatic amines is 1. The molecule has 0 fully saturated rings. The summed E-state index contributed by atoms with van der Waals surface area (Å²) in [6.07, 6.45) is -1.04. The molecular weight excluding hydrogens is 310 g/mol. The number of carbonyl (C=O) groups excluding carboxylic acids is 1. The number of hydrogen-bond donors (Lipinski definition) is 3. The number of aliphatic hydroxyl groups is 2. The third kappa shape index (κ3) is 4.27. The Hall–Kier alpha value is -0.630. The summed E-state index contributed by atoms with van der Waals surface area (Å²) < 4.78 is 0.595. The van der Waals surface area contributed by atoms with Crippen LogP contribution in [-0.2, 0) is 4.79 Å². The first kappa shape index (κ1) is 14.4. The van der Waals surface area contributed by atoms with Gasteiger partial charge in [0.05, 0.1) is 6.10 Å². The summed E-state index contributed by atoms with van der Waals surface area (Å²) in [6, 6.07) is 1.44. The first-order valence-corrected chi connectivity index (χ1v) is 6.57. The lowest BCUT2D eigenvalue weighted by molar-refractivity contribution is -0.109. The molecule has 17 heavy (non-hydrogen) atoms. The Labute approximate surface area is 110 Å². The summed E-state index contributed by atoms with van der Waals surface area (Å²) in [5, 5.41) is 19.3. The smallest absolute Gasteiger partial charge is 0.253 e. The van der Waals surface area contributed by atoms with Gasteiger partial charge in [-0.2, -0.15) is 0 Å². The maximum Gasteiger partial charge on any atom is 0.253 e. The minimum absolute atomic E-state index is 0.0441. The average Bonchev–Trinajstić information content (AvgIpc) is 2.28. The van der Waals surface area contributed by atoms with Gasteiger partial charge in [-0.25, -0.2) is 0 Å². The molecule has 3 N–H and O–H groups in total. The Bertz CT molecular complexity index is 462. The van der Waals surface area contributed by atoms with E-state index >= 15 is 0 Å². The maximum absolute atomic E-state index is 11.4. The number of nitrogens with one attached hydrogen (secondary N) is 1. The van der Waals surface area contributed by atoms with Gasteiger partial charge in [0.1, 0.15) is 6.10 Å². The highest BCUT2D eigenvalue weighted by Gasteiger charge is 2.21. The van der Waals surface area contributed by atoms with E-state index in [1.54, 1.807) is 0 Å². The highest BCUT2D eigenvalue weighted by Crippen LogP contribution is 2.19. The number of carbonyl (C=O) groups is 1. The number of halogens is 1. The number of rotatable bonds is 4. The summed E-state index contributed by atoms with van der Waals surface area (Å²) in [6.45, 7) is 1.37. The topological polar surface area (TPSA) is 90.4 Å². The Morgan fingerprint density at radius 2 is 2.24 bits per heavy atom. The molecule has 2 atom stereocenters. The molecule has 94 valence electrons. The molecule has 2 unspecified atom stereocenters. The fourth-order valence-corrected chi connectivity index (χ4v) is 2.14. The number of H-pyrrole nitrogens is 1. The van der Waals surface area contributed by atoms with Crippen LogP contribution in [0.2, 0.25) is 0 Å². The number of aromatic nitrogens is 1. The molecule has 0 aliphatic carbocycles. The van der Waals surface area contributed by atoms with Gasteiger partial charge in [-0.1, -0.05) is 11.8 Å². The zero-order valence-corrected chi connectivity index (χ0v) is 11.4. The molecular formula is C10H12BrNO4S. The Morgan fingerprint density at radius 1 is 1.59 bits per heavy atom. The first-order chi connectivity index (χ1) is 7.91. The normalized spacial score (nSPS) is 14.4. The predicted octanol–water partition coefficient (Wildman–Crippen LogP) is 0.811. The van der Waals surface area contributed by atoms with Gasteiger partial charge in [-0.3, -0.25) is 9.59 Å². The molecule has 1 aromatic heterocycles. The number of hydrogen-bond acceptors (Lipinski definition) is 5. The van der Waals surface area contributed by atoms with Crippen molar-refractivity contribution in [2.75, 3.05) is 5.75 Å². The van der Waals surface area contributed by atoms with E-state index in [1.807, 2.05) is 0 Å². The van der Waals surface area contributed by atoms with Gasteiger partial charge in [-0.05, 0) is 22.0 Å². The van der Waals surface area contributed by atoms with E-state index in [9.17, 15) is 19.8 Å². The number of pyridine rings is 1. The second-order valence-corrected chi connectivity index (χ2v) is 5.53. The number of aliphatic hydroxyl groups excluding tert-OH is 2. The van der Waals surface area contributed by atoms with Crippen LogP contribution < -0.4 is 5.56 Å². The van der Waals surface area contributed by atoms with E-state index in [-0.39, 0.29) is 16.4 Å². The van der Waals surface area contributed by atoms with Crippen LogP contribution >= 0.6 is 27.7 Å². The Balaban J connectivity index is 2.81. The molecule has 0 saturated carbocycles. The summed E-state index contributed by atoms with van der Waals surface area (Å²) in [5.41, 5.74) is -0.399. The van der Waals surface area contributed by atoms with Gasteiger partial charge >= 0.3 is 0 Å². The van der Waals surface area contributed by atoms with Crippen molar-refractivity contribution in [2.45, 2.75) is 19.1 Å². The molecule has 0 aliphatic heterocycles. The largest absolute Gasteiger partial charge is 0.389 e. The van der Waals surface area contributed by atoms with E-state index in [1.165, 1.54) is 19.2 Å². The van der Waals surface area contributed by atoms with E-state index in [4.69, 9.17) is 0 Å². The standard InChI is InChI=1S/C10H12BrNO4S/c1-5(13)17-4-8(14)9(15)7-2-6(11)3-12-10(7)16/h2-3,8-9,14-15H,4H2,1H3,(H,12,16). The van der Waals surface area contributed by atoms with Crippen LogP contribution in [0, 0.1) is 0 Å². The van der Waals surface area contributed by atoms with Crippen LogP contribution in [0.3, 0.4) is 0 Å². The lowest BCUT2D eigenvalue weighted by Crippen LogP contribution is -2.27. The predicted molar refractivity (Wildman–Crippen MR) is 68.9 cm³/mol. The van der Waals surface area contributed by atoms with Crippen molar-refractivity contribution >= 4 is 32.8 Å². The van der Waals surface area contributed by atoms with Crippen LogP contribution in [0.1, 0.15) is 18.6 Å². The van der Waals surface area contributed by atoms with Gasteiger partial charge in [0.2, 0.25) is 0 Å². The van der Waals surface area contributed by atoms with Crippen molar-refractivity contribution in [3.63, 3.8) is 0 Å². The second kappa shape index (κ2) is 6.34. The van der Waals surface area contributed by atoms with Gasteiger partial charge in [0.25, 0.3) is 5.56 Å². The van der Waals surface area contributed by atoms with Crippen molar-refractivity contribution in [1.29, 1.82) is 0 Å². The molecule has 0 aromatic carbocycles. The lowest BCUT2D eigenvalue weighted by Gasteiger charge is -2.16. The van der Waals surface area contributed by atoms with Crippen LogP contribution in [0.25, 0.3) is 0 Å². The fourth-order valence-electron chi connectivity index (χ4n) is 1.19. The molecule has 5 nitrogen and oxygen atoms in total. The van der Waals surface area contributed by atoms with Crippen molar-refractivity contribution in [2.24, 2.45) is 0 Å². The van der Waals surface area contributed by atoms with Gasteiger partial charge in [0.15, 0.2) is 5.12 Å². The van der Waals surface area contributed by atoms with Crippen molar-refractivity contribution in [3.05, 3.63) is 32.7 Å². The SMILES string of the molecule is CC(=O)SCC(O)C(O)c1cc(Br)c[nH]c1=O. The Kier molecular flexibility index (Phi) is 5.38. The average molecular weight is 322 g/mol. The van der Waals surface area contributed by atoms with Crippen molar-refractivity contribution < 1.29 is 15.0 Å². The maximum atomic E-state index is 11.4. The molecule has 0 radical (unpaired) electrons. The third-order valence-electron chi connectivity index (χ3n) is 2.04. The molecule has 0 amide bonds. The van der Waals surface area contributed by atoms with E-state index in [2.05, 4.69) is 20.9 Å². The van der Waals surface area contributed by atoms with Crippen molar-refractivity contribution in [3.8, 4) is 0 Å². The highest BCUT2D eigenvalue weighted by molar-refractivity contribution is 9.10. The fraction of sp³-hybridized carbons (Fsp3) is 0.400. The quantitative estimate of drug-likeness (QED) is 0.763. The molecule has 0 spiro atoms. The third-order valence-corrected chi connectivity index (χ3v) is 3.41. The molecule has 7 heteroatoms. The van der Waals surface area contributed by atoms with Crippen LogP contribution in [0.4, 0.5) is 0 Å². The van der Waals surface area contributed by atoms with Crippen LogP contribution in [-0.4, -0.2) is 32.2 Å². The van der Waals surface area contributed by atoms with Crippen molar-refractivity contribution in [1.82, 2.24) is 4.98 Å². The summed E-state index contributed by atoms with van der Waals surface area (Å²) in [5.74, 6) is 0.0441.